The van der Waals surface area contributed by atoms with Gasteiger partial charge in [-0.1, -0.05) is 18.5 Å². The summed E-state index contributed by atoms with van der Waals surface area (Å²) in [6.07, 6.45) is 2.05. The Kier molecular flexibility index (Phi) is 5.31. The summed E-state index contributed by atoms with van der Waals surface area (Å²) in [5, 5.41) is 12.2. The molecule has 0 fully saturated rings. The first-order valence-electron chi connectivity index (χ1n) is 5.49. The van der Waals surface area contributed by atoms with Crippen LogP contribution in [0.3, 0.4) is 0 Å². The van der Waals surface area contributed by atoms with Crippen LogP contribution in [0.2, 0.25) is 5.15 Å². The summed E-state index contributed by atoms with van der Waals surface area (Å²) in [5.74, 6) is 0.930. The van der Waals surface area contributed by atoms with Crippen LogP contribution in [-0.2, 0) is 0 Å². The lowest BCUT2D eigenvalue weighted by Gasteiger charge is -2.18. The summed E-state index contributed by atoms with van der Waals surface area (Å²) in [5.41, 5.74) is 0.258. The molecule has 0 aliphatic rings. The van der Waals surface area contributed by atoms with E-state index in [1.54, 1.807) is 6.92 Å². The van der Waals surface area contributed by atoms with Gasteiger partial charge in [0.2, 0.25) is 0 Å². The van der Waals surface area contributed by atoms with Gasteiger partial charge in [0, 0.05) is 12.6 Å². The fourth-order valence-electron chi connectivity index (χ4n) is 1.49. The van der Waals surface area contributed by atoms with E-state index < -0.39 is 0 Å². The lowest BCUT2D eigenvalue weighted by atomic mass is 10.1. The third kappa shape index (κ3) is 3.64. The van der Waals surface area contributed by atoms with Crippen LogP contribution in [0.5, 0.6) is 0 Å². The summed E-state index contributed by atoms with van der Waals surface area (Å²) in [4.78, 5) is 19.0. The topological polar surface area (TPSA) is 75.1 Å². The number of nitrogens with one attached hydrogen (secondary N) is 1. The molecule has 94 valence electrons. The van der Waals surface area contributed by atoms with Crippen molar-refractivity contribution in [3.8, 4) is 0 Å². The zero-order valence-electron chi connectivity index (χ0n) is 9.90. The normalized spacial score (nSPS) is 12.2. The maximum absolute atomic E-state index is 10.9. The molecule has 1 atom stereocenters. The molecule has 0 aliphatic heterocycles. The number of aliphatic hydroxyl groups is 1. The molecule has 5 nitrogen and oxygen atoms in total. The van der Waals surface area contributed by atoms with Crippen LogP contribution in [0.25, 0.3) is 0 Å². The number of nitrogens with zero attached hydrogens (tertiary/aromatic N) is 2. The molecule has 1 aromatic rings. The highest BCUT2D eigenvalue weighted by Crippen LogP contribution is 2.20. The molecule has 2 N–H and O–H groups in total. The number of rotatable bonds is 6. The van der Waals surface area contributed by atoms with Crippen LogP contribution in [0, 0.1) is 6.92 Å². The number of halogens is 1. The van der Waals surface area contributed by atoms with E-state index >= 15 is 0 Å². The number of anilines is 1. The molecule has 1 unspecified atom stereocenters. The molecule has 0 amide bonds. The molecule has 0 radical (unpaired) electrons. The van der Waals surface area contributed by atoms with Gasteiger partial charge in [-0.15, -0.1) is 0 Å². The molecule has 0 spiro atoms. The maximum atomic E-state index is 10.9. The van der Waals surface area contributed by atoms with Gasteiger partial charge in [-0.05, 0) is 19.8 Å². The van der Waals surface area contributed by atoms with Gasteiger partial charge < -0.3 is 10.4 Å². The number of hydrogen-bond acceptors (Lipinski definition) is 5. The van der Waals surface area contributed by atoms with E-state index in [0.717, 1.165) is 6.42 Å². The Morgan fingerprint density at radius 3 is 2.76 bits per heavy atom. The number of hydrogen-bond donors (Lipinski definition) is 2. The van der Waals surface area contributed by atoms with Gasteiger partial charge in [-0.3, -0.25) is 4.79 Å². The van der Waals surface area contributed by atoms with E-state index in [1.165, 1.54) is 0 Å². The Labute approximate surface area is 105 Å². The SMILES string of the molecule is CCC(CCO)Nc1nc(C)nc(Cl)c1C=O. The lowest BCUT2D eigenvalue weighted by Crippen LogP contribution is -2.22. The monoisotopic (exact) mass is 257 g/mol. The molecule has 0 aliphatic carbocycles. The van der Waals surface area contributed by atoms with E-state index in [-0.39, 0.29) is 23.4 Å². The van der Waals surface area contributed by atoms with Gasteiger partial charge in [0.1, 0.15) is 16.8 Å². The van der Waals surface area contributed by atoms with Gasteiger partial charge in [-0.2, -0.15) is 0 Å². The Balaban J connectivity index is 2.99. The third-order valence-corrected chi connectivity index (χ3v) is 2.73. The minimum Gasteiger partial charge on any atom is -0.396 e. The van der Waals surface area contributed by atoms with Crippen molar-refractivity contribution < 1.29 is 9.90 Å². The number of aromatic nitrogens is 2. The number of aryl methyl sites for hydroxylation is 1. The van der Waals surface area contributed by atoms with Gasteiger partial charge >= 0.3 is 0 Å². The Morgan fingerprint density at radius 2 is 2.24 bits per heavy atom. The average Bonchev–Trinajstić information content (AvgIpc) is 2.28. The van der Waals surface area contributed by atoms with Gasteiger partial charge in [0.15, 0.2) is 6.29 Å². The molecule has 0 bridgehead atoms. The molecule has 0 saturated carbocycles. The molecular weight excluding hydrogens is 242 g/mol. The van der Waals surface area contributed by atoms with E-state index in [0.29, 0.717) is 24.3 Å². The highest BCUT2D eigenvalue weighted by atomic mass is 35.5. The number of carbonyl (C=O) groups is 1. The molecule has 17 heavy (non-hydrogen) atoms. The zero-order chi connectivity index (χ0) is 12.8. The highest BCUT2D eigenvalue weighted by Gasteiger charge is 2.14. The van der Waals surface area contributed by atoms with Crippen LogP contribution in [0.1, 0.15) is 35.9 Å². The van der Waals surface area contributed by atoms with E-state index in [4.69, 9.17) is 16.7 Å². The van der Waals surface area contributed by atoms with Crippen LogP contribution in [-0.4, -0.2) is 34.0 Å². The molecule has 0 saturated heterocycles. The van der Waals surface area contributed by atoms with Crippen molar-refractivity contribution >= 4 is 23.7 Å². The van der Waals surface area contributed by atoms with E-state index in [9.17, 15) is 4.79 Å². The van der Waals surface area contributed by atoms with Crippen LogP contribution >= 0.6 is 11.6 Å². The first-order chi connectivity index (χ1) is 8.12. The smallest absolute Gasteiger partial charge is 0.156 e. The summed E-state index contributed by atoms with van der Waals surface area (Å²) in [6, 6.07) is 0.0593. The standard InChI is InChI=1S/C11H16ClN3O2/c1-3-8(4-5-16)15-11-9(6-17)10(12)13-7(2)14-11/h6,8,16H,3-5H2,1-2H3,(H,13,14,15). The number of aliphatic hydroxyl groups excluding tert-OH is 1. The van der Waals surface area contributed by atoms with Gasteiger partial charge in [0.05, 0.1) is 5.56 Å². The highest BCUT2D eigenvalue weighted by molar-refractivity contribution is 6.32. The minimum absolute atomic E-state index is 0.0593. The van der Waals surface area contributed by atoms with Crippen molar-refractivity contribution in [2.45, 2.75) is 32.7 Å². The third-order valence-electron chi connectivity index (χ3n) is 2.44. The van der Waals surface area contributed by atoms with Crippen molar-refractivity contribution in [2.24, 2.45) is 0 Å². The molecule has 1 rings (SSSR count). The number of carbonyl (C=O) groups excluding carboxylic acids is 1. The predicted molar refractivity (Wildman–Crippen MR) is 66.6 cm³/mol. The zero-order valence-corrected chi connectivity index (χ0v) is 10.7. The Bertz CT molecular complexity index is 399. The molecule has 6 heteroatoms. The fourth-order valence-corrected chi connectivity index (χ4v) is 1.75. The molecule has 1 heterocycles. The first kappa shape index (κ1) is 13.9. The Morgan fingerprint density at radius 1 is 1.53 bits per heavy atom. The quantitative estimate of drug-likeness (QED) is 0.601. The van der Waals surface area contributed by atoms with Crippen molar-refractivity contribution in [1.29, 1.82) is 0 Å². The maximum Gasteiger partial charge on any atom is 0.156 e. The molecule has 0 aromatic carbocycles. The largest absolute Gasteiger partial charge is 0.396 e. The van der Waals surface area contributed by atoms with E-state index in [1.807, 2.05) is 6.92 Å². The van der Waals surface area contributed by atoms with E-state index in [2.05, 4.69) is 15.3 Å². The first-order valence-corrected chi connectivity index (χ1v) is 5.86. The predicted octanol–water partition coefficient (Wildman–Crippen LogP) is 1.82. The average molecular weight is 258 g/mol. The van der Waals surface area contributed by atoms with Crippen LogP contribution in [0.4, 0.5) is 5.82 Å². The van der Waals surface area contributed by atoms with Gasteiger partial charge in [0.25, 0.3) is 0 Å². The second-order valence-electron chi connectivity index (χ2n) is 3.70. The fraction of sp³-hybridized carbons (Fsp3) is 0.545. The summed E-state index contributed by atoms with van der Waals surface area (Å²) in [7, 11) is 0. The molecular formula is C11H16ClN3O2. The van der Waals surface area contributed by atoms with Crippen molar-refractivity contribution in [3.63, 3.8) is 0 Å². The van der Waals surface area contributed by atoms with Crippen molar-refractivity contribution in [2.75, 3.05) is 11.9 Å². The van der Waals surface area contributed by atoms with Gasteiger partial charge in [-0.25, -0.2) is 9.97 Å². The van der Waals surface area contributed by atoms with Crippen LogP contribution in [0.15, 0.2) is 0 Å². The second kappa shape index (κ2) is 6.51. The number of aldehydes is 1. The lowest BCUT2D eigenvalue weighted by molar-refractivity contribution is 0.112. The van der Waals surface area contributed by atoms with Crippen molar-refractivity contribution in [3.05, 3.63) is 16.5 Å². The summed E-state index contributed by atoms with van der Waals surface area (Å²) >= 11 is 5.87. The van der Waals surface area contributed by atoms with Crippen molar-refractivity contribution in [1.82, 2.24) is 9.97 Å². The second-order valence-corrected chi connectivity index (χ2v) is 4.06. The molecule has 1 aromatic heterocycles. The Hall–Kier alpha value is -1.20. The summed E-state index contributed by atoms with van der Waals surface area (Å²) < 4.78 is 0. The van der Waals surface area contributed by atoms with Crippen LogP contribution < -0.4 is 5.32 Å². The minimum atomic E-state index is 0.0593. The summed E-state index contributed by atoms with van der Waals surface area (Å²) in [6.45, 7) is 3.78.